The Balaban J connectivity index is 1.87. The number of nitrogens with one attached hydrogen (secondary N) is 1. The number of rotatable bonds is 5. The minimum Gasteiger partial charge on any atom is -0.324 e. The van der Waals surface area contributed by atoms with Crippen molar-refractivity contribution in [1.82, 2.24) is 4.90 Å². The van der Waals surface area contributed by atoms with Crippen molar-refractivity contribution in [2.75, 3.05) is 5.32 Å². The second-order valence-electron chi connectivity index (χ2n) is 7.80. The van der Waals surface area contributed by atoms with Gasteiger partial charge in [0.25, 0.3) is 0 Å². The van der Waals surface area contributed by atoms with Crippen LogP contribution in [-0.2, 0) is 14.4 Å². The zero-order valence-corrected chi connectivity index (χ0v) is 15.9. The number of carbonyl (C=O) groups excluding carboxylic acids is 3. The number of allylic oxidation sites excluding steroid dienone is 2. The summed E-state index contributed by atoms with van der Waals surface area (Å²) in [6.07, 6.45) is 5.27. The Kier molecular flexibility index (Phi) is 5.44. The number of hydrogen-bond acceptors (Lipinski definition) is 3. The lowest BCUT2D eigenvalue weighted by Crippen LogP contribution is -2.48. The van der Waals surface area contributed by atoms with E-state index in [2.05, 4.69) is 5.32 Å². The molecule has 3 rings (SSSR count). The van der Waals surface area contributed by atoms with Gasteiger partial charge in [-0.2, -0.15) is 0 Å². The molecule has 2 aliphatic rings. The van der Waals surface area contributed by atoms with Gasteiger partial charge in [-0.3, -0.25) is 19.3 Å². The molecule has 1 saturated heterocycles. The van der Waals surface area contributed by atoms with Crippen molar-refractivity contribution in [3.8, 4) is 0 Å². The quantitative estimate of drug-likeness (QED) is 0.636. The number of nitrogens with zero attached hydrogens (tertiary/aromatic N) is 1. The zero-order chi connectivity index (χ0) is 19.7. The highest BCUT2D eigenvalue weighted by molar-refractivity contribution is 6.10. The zero-order valence-electron chi connectivity index (χ0n) is 15.9. The van der Waals surface area contributed by atoms with Crippen LogP contribution in [0.4, 0.5) is 10.1 Å². The van der Waals surface area contributed by atoms with Gasteiger partial charge in [-0.25, -0.2) is 4.39 Å². The third-order valence-corrected chi connectivity index (χ3v) is 5.31. The van der Waals surface area contributed by atoms with Gasteiger partial charge in [0, 0.05) is 5.69 Å². The summed E-state index contributed by atoms with van der Waals surface area (Å²) in [5.74, 6) is -2.10. The summed E-state index contributed by atoms with van der Waals surface area (Å²) in [4.78, 5) is 39.9. The number of likely N-dealkylation sites (tertiary alicyclic amines) is 1. The smallest absolute Gasteiger partial charge is 0.247 e. The lowest BCUT2D eigenvalue weighted by atomic mass is 9.85. The molecular formula is C21H25FN2O3. The molecule has 5 nitrogen and oxygen atoms in total. The maximum absolute atomic E-state index is 13.6. The number of aryl methyl sites for hydroxylation is 1. The van der Waals surface area contributed by atoms with E-state index in [4.69, 9.17) is 0 Å². The van der Waals surface area contributed by atoms with E-state index >= 15 is 0 Å². The predicted octanol–water partition coefficient (Wildman–Crippen LogP) is 3.44. The molecule has 3 unspecified atom stereocenters. The number of hydrogen-bond donors (Lipinski definition) is 1. The molecule has 3 atom stereocenters. The van der Waals surface area contributed by atoms with E-state index in [0.717, 1.165) is 4.90 Å². The SMILES string of the molecule is Cc1ccc(F)cc1NC(=O)C(CC(C)C)N1C(=O)C2CC=CCC2C1=O. The predicted molar refractivity (Wildman–Crippen MR) is 100 cm³/mol. The van der Waals surface area contributed by atoms with Crippen molar-refractivity contribution < 1.29 is 18.8 Å². The first-order chi connectivity index (χ1) is 12.8. The van der Waals surface area contributed by atoms with Gasteiger partial charge in [0.15, 0.2) is 0 Å². The van der Waals surface area contributed by atoms with Crippen LogP contribution in [0.15, 0.2) is 30.4 Å². The molecule has 3 amide bonds. The summed E-state index contributed by atoms with van der Waals surface area (Å²) < 4.78 is 13.6. The lowest BCUT2D eigenvalue weighted by molar-refractivity contribution is -0.147. The summed E-state index contributed by atoms with van der Waals surface area (Å²) in [5, 5.41) is 2.72. The first-order valence-corrected chi connectivity index (χ1v) is 9.38. The minimum absolute atomic E-state index is 0.107. The Morgan fingerprint density at radius 2 is 1.78 bits per heavy atom. The molecule has 27 heavy (non-hydrogen) atoms. The largest absolute Gasteiger partial charge is 0.324 e. The Hall–Kier alpha value is -2.50. The fourth-order valence-electron chi connectivity index (χ4n) is 3.85. The van der Waals surface area contributed by atoms with Gasteiger partial charge < -0.3 is 5.32 Å². The van der Waals surface area contributed by atoms with E-state index in [1.54, 1.807) is 13.0 Å². The van der Waals surface area contributed by atoms with Crippen LogP contribution in [0.1, 0.15) is 38.7 Å². The van der Waals surface area contributed by atoms with Crippen LogP contribution >= 0.6 is 0 Å². The fourth-order valence-corrected chi connectivity index (χ4v) is 3.85. The van der Waals surface area contributed by atoms with E-state index < -0.39 is 17.8 Å². The van der Waals surface area contributed by atoms with Gasteiger partial charge in [-0.05, 0) is 49.8 Å². The highest BCUT2D eigenvalue weighted by Gasteiger charge is 2.51. The Bertz CT molecular complexity index is 777. The van der Waals surface area contributed by atoms with Crippen LogP contribution in [0.3, 0.4) is 0 Å². The third kappa shape index (κ3) is 3.80. The normalized spacial score (nSPS) is 22.9. The summed E-state index contributed by atoms with van der Waals surface area (Å²) >= 11 is 0. The molecule has 1 aromatic rings. The molecule has 0 aromatic heterocycles. The van der Waals surface area contributed by atoms with Crippen LogP contribution in [-0.4, -0.2) is 28.7 Å². The molecule has 1 heterocycles. The first kappa shape index (κ1) is 19.3. The van der Waals surface area contributed by atoms with Gasteiger partial charge in [0.1, 0.15) is 11.9 Å². The number of anilines is 1. The van der Waals surface area contributed by atoms with Crippen LogP contribution in [0.5, 0.6) is 0 Å². The molecular weight excluding hydrogens is 347 g/mol. The number of amides is 3. The summed E-state index contributed by atoms with van der Waals surface area (Å²) in [6.45, 7) is 5.64. The number of benzene rings is 1. The monoisotopic (exact) mass is 372 g/mol. The summed E-state index contributed by atoms with van der Waals surface area (Å²) in [6, 6.07) is 3.26. The Morgan fingerprint density at radius 1 is 1.19 bits per heavy atom. The average Bonchev–Trinajstić information content (AvgIpc) is 2.87. The standard InChI is InChI=1S/C21H25FN2O3/c1-12(2)10-18(19(25)23-17-11-14(22)9-8-13(17)3)24-20(26)15-6-4-5-7-16(15)21(24)27/h4-5,8-9,11-12,15-16,18H,6-7,10H2,1-3H3,(H,23,25). The molecule has 0 spiro atoms. The highest BCUT2D eigenvalue weighted by atomic mass is 19.1. The van der Waals surface area contributed by atoms with E-state index in [0.29, 0.717) is 30.5 Å². The number of imide groups is 1. The fraction of sp³-hybridized carbons (Fsp3) is 0.476. The maximum Gasteiger partial charge on any atom is 0.247 e. The van der Waals surface area contributed by atoms with E-state index in [-0.39, 0.29) is 29.6 Å². The van der Waals surface area contributed by atoms with Crippen LogP contribution in [0.2, 0.25) is 0 Å². The molecule has 1 fully saturated rings. The molecule has 0 saturated carbocycles. The molecule has 6 heteroatoms. The Morgan fingerprint density at radius 3 is 2.33 bits per heavy atom. The van der Waals surface area contributed by atoms with Gasteiger partial charge in [-0.15, -0.1) is 0 Å². The molecule has 0 bridgehead atoms. The van der Waals surface area contributed by atoms with Crippen LogP contribution in [0.25, 0.3) is 0 Å². The Labute approximate surface area is 158 Å². The third-order valence-electron chi connectivity index (χ3n) is 5.31. The van der Waals surface area contributed by atoms with Gasteiger partial charge >= 0.3 is 0 Å². The average molecular weight is 372 g/mol. The van der Waals surface area contributed by atoms with Gasteiger partial charge in [-0.1, -0.05) is 32.1 Å². The lowest BCUT2D eigenvalue weighted by Gasteiger charge is -2.27. The molecule has 1 aromatic carbocycles. The summed E-state index contributed by atoms with van der Waals surface area (Å²) in [5.41, 5.74) is 1.07. The molecule has 1 aliphatic heterocycles. The number of fused-ring (bicyclic) bond motifs is 1. The number of carbonyl (C=O) groups is 3. The van der Waals surface area contributed by atoms with Crippen molar-refractivity contribution in [2.24, 2.45) is 17.8 Å². The minimum atomic E-state index is -0.890. The topological polar surface area (TPSA) is 66.5 Å². The van der Waals surface area contributed by atoms with E-state index in [1.807, 2.05) is 26.0 Å². The number of halogens is 1. The van der Waals surface area contributed by atoms with Gasteiger partial charge in [0.05, 0.1) is 11.8 Å². The molecule has 144 valence electrons. The van der Waals surface area contributed by atoms with Crippen molar-refractivity contribution in [3.05, 3.63) is 41.7 Å². The second-order valence-corrected chi connectivity index (χ2v) is 7.80. The van der Waals surface area contributed by atoms with E-state index in [9.17, 15) is 18.8 Å². The summed E-state index contributed by atoms with van der Waals surface area (Å²) in [7, 11) is 0. The molecule has 1 N–H and O–H groups in total. The molecule has 0 radical (unpaired) electrons. The second kappa shape index (κ2) is 7.62. The van der Waals surface area contributed by atoms with Gasteiger partial charge in [0.2, 0.25) is 17.7 Å². The van der Waals surface area contributed by atoms with Crippen molar-refractivity contribution in [1.29, 1.82) is 0 Å². The highest BCUT2D eigenvalue weighted by Crippen LogP contribution is 2.37. The van der Waals surface area contributed by atoms with Crippen molar-refractivity contribution in [2.45, 2.75) is 46.1 Å². The van der Waals surface area contributed by atoms with Crippen LogP contribution < -0.4 is 5.32 Å². The van der Waals surface area contributed by atoms with Crippen molar-refractivity contribution >= 4 is 23.4 Å². The van der Waals surface area contributed by atoms with Crippen molar-refractivity contribution in [3.63, 3.8) is 0 Å². The van der Waals surface area contributed by atoms with Crippen LogP contribution in [0, 0.1) is 30.5 Å². The first-order valence-electron chi connectivity index (χ1n) is 9.38. The van der Waals surface area contributed by atoms with E-state index in [1.165, 1.54) is 12.1 Å². The maximum atomic E-state index is 13.6. The molecule has 1 aliphatic carbocycles.